The van der Waals surface area contributed by atoms with Gasteiger partial charge in [-0.25, -0.2) is 17.8 Å². The Balaban J connectivity index is 1.74. The first-order chi connectivity index (χ1) is 11.0. The number of nitrogens with zero attached hydrogens (tertiary/aromatic N) is 1. The van der Waals surface area contributed by atoms with Crippen molar-refractivity contribution in [1.29, 1.82) is 0 Å². The molecule has 3 nitrogen and oxygen atoms in total. The highest BCUT2D eigenvalue weighted by Crippen LogP contribution is 2.25. The highest BCUT2D eigenvalue weighted by molar-refractivity contribution is 7.89. The van der Waals surface area contributed by atoms with E-state index in [4.69, 9.17) is 0 Å². The molecule has 0 saturated heterocycles. The molecule has 1 aromatic heterocycles. The summed E-state index contributed by atoms with van der Waals surface area (Å²) in [6, 6.07) is 15.1. The van der Waals surface area contributed by atoms with Crippen molar-refractivity contribution in [3.63, 3.8) is 0 Å². The molecule has 6 heteroatoms. The third-order valence-electron chi connectivity index (χ3n) is 3.24. The smallest absolute Gasteiger partial charge is 0.160 e. The predicted molar refractivity (Wildman–Crippen MR) is 90.3 cm³/mol. The maximum Gasteiger partial charge on any atom is 0.160 e. The highest BCUT2D eigenvalue weighted by Gasteiger charge is 2.16. The van der Waals surface area contributed by atoms with Gasteiger partial charge in [-0.2, -0.15) is 0 Å². The molecule has 0 aliphatic carbocycles. The summed E-state index contributed by atoms with van der Waals surface area (Å²) in [6.07, 6.45) is 0. The Morgan fingerprint density at radius 2 is 1.65 bits per heavy atom. The summed E-state index contributed by atoms with van der Waals surface area (Å²) in [6.45, 7) is 0. The monoisotopic (exact) mass is 347 g/mol. The van der Waals surface area contributed by atoms with E-state index in [0.717, 1.165) is 11.1 Å². The fourth-order valence-corrected chi connectivity index (χ4v) is 4.54. The van der Waals surface area contributed by atoms with Crippen LogP contribution in [0.3, 0.4) is 0 Å². The van der Waals surface area contributed by atoms with Gasteiger partial charge >= 0.3 is 0 Å². The van der Waals surface area contributed by atoms with Crippen LogP contribution in [0.25, 0.3) is 10.6 Å². The van der Waals surface area contributed by atoms with Crippen molar-refractivity contribution >= 4 is 21.2 Å². The van der Waals surface area contributed by atoms with Crippen LogP contribution in [0.4, 0.5) is 4.39 Å². The summed E-state index contributed by atoms with van der Waals surface area (Å²) < 4.78 is 37.5. The number of hydrogen-bond donors (Lipinski definition) is 0. The van der Waals surface area contributed by atoms with Crippen LogP contribution in [0.1, 0.15) is 11.3 Å². The van der Waals surface area contributed by atoms with E-state index in [2.05, 4.69) is 4.98 Å². The van der Waals surface area contributed by atoms with Crippen LogP contribution in [0, 0.1) is 5.82 Å². The number of aromatic nitrogens is 1. The molecule has 0 aliphatic heterocycles. The molecule has 2 aromatic carbocycles. The molecular formula is C17H14FNO2S2. The minimum Gasteiger partial charge on any atom is -0.240 e. The van der Waals surface area contributed by atoms with Gasteiger partial charge in [0, 0.05) is 10.9 Å². The van der Waals surface area contributed by atoms with Crippen LogP contribution in [0.5, 0.6) is 0 Å². The average molecular weight is 347 g/mol. The molecule has 0 saturated carbocycles. The summed E-state index contributed by atoms with van der Waals surface area (Å²) in [5.41, 5.74) is 2.06. The van der Waals surface area contributed by atoms with Gasteiger partial charge in [-0.15, -0.1) is 11.3 Å². The Morgan fingerprint density at radius 1 is 0.957 bits per heavy atom. The third-order valence-corrected chi connectivity index (χ3v) is 5.69. The molecule has 1 heterocycles. The first-order valence-corrected chi connectivity index (χ1v) is 9.67. The van der Waals surface area contributed by atoms with Crippen molar-refractivity contribution in [2.24, 2.45) is 0 Å². The number of halogens is 1. The van der Waals surface area contributed by atoms with Crippen LogP contribution in [0.15, 0.2) is 60.0 Å². The Hall–Kier alpha value is -2.05. The van der Waals surface area contributed by atoms with Gasteiger partial charge < -0.3 is 0 Å². The molecule has 0 amide bonds. The van der Waals surface area contributed by atoms with Crippen LogP contribution in [0.2, 0.25) is 0 Å². The summed E-state index contributed by atoms with van der Waals surface area (Å²) in [5.74, 6) is -0.410. The maximum absolute atomic E-state index is 12.9. The molecule has 0 N–H and O–H groups in total. The van der Waals surface area contributed by atoms with E-state index in [0.29, 0.717) is 10.7 Å². The Kier molecular flexibility index (Phi) is 4.54. The van der Waals surface area contributed by atoms with Crippen molar-refractivity contribution in [3.05, 3.63) is 77.1 Å². The van der Waals surface area contributed by atoms with Gasteiger partial charge in [0.15, 0.2) is 9.84 Å². The van der Waals surface area contributed by atoms with Crippen molar-refractivity contribution in [3.8, 4) is 10.6 Å². The van der Waals surface area contributed by atoms with E-state index in [9.17, 15) is 12.8 Å². The molecule has 118 valence electrons. The molecule has 3 aromatic rings. The lowest BCUT2D eigenvalue weighted by atomic mass is 10.2. The van der Waals surface area contributed by atoms with Crippen LogP contribution in [-0.2, 0) is 21.3 Å². The molecule has 0 atom stereocenters. The van der Waals surface area contributed by atoms with E-state index < -0.39 is 9.84 Å². The minimum absolute atomic E-state index is 0.00273. The summed E-state index contributed by atoms with van der Waals surface area (Å²) in [4.78, 5) is 4.35. The summed E-state index contributed by atoms with van der Waals surface area (Å²) in [5, 5.41) is 2.43. The maximum atomic E-state index is 12.9. The molecule has 23 heavy (non-hydrogen) atoms. The fourth-order valence-electron chi connectivity index (χ4n) is 2.20. The first kappa shape index (κ1) is 15.8. The van der Waals surface area contributed by atoms with Gasteiger partial charge in [0.2, 0.25) is 0 Å². The zero-order valence-electron chi connectivity index (χ0n) is 12.1. The van der Waals surface area contributed by atoms with E-state index in [1.807, 2.05) is 18.2 Å². The number of hydrogen-bond acceptors (Lipinski definition) is 4. The molecule has 0 fully saturated rings. The van der Waals surface area contributed by atoms with Gasteiger partial charge in [-0.3, -0.25) is 0 Å². The van der Waals surface area contributed by atoms with Crippen LogP contribution < -0.4 is 0 Å². The normalized spacial score (nSPS) is 11.5. The minimum atomic E-state index is -3.28. The van der Waals surface area contributed by atoms with Crippen molar-refractivity contribution in [1.82, 2.24) is 4.98 Å². The SMILES string of the molecule is O=S(=O)(Cc1ccccc1)Cc1csc(-c2ccc(F)cc2)n1. The van der Waals surface area contributed by atoms with Gasteiger partial charge in [-0.05, 0) is 29.8 Å². The lowest BCUT2D eigenvalue weighted by molar-refractivity contribution is 0.594. The number of thiazole rings is 1. The first-order valence-electron chi connectivity index (χ1n) is 6.96. The molecule has 0 unspecified atom stereocenters. The van der Waals surface area contributed by atoms with Crippen molar-refractivity contribution in [2.75, 3.05) is 0 Å². The number of sulfone groups is 1. The number of benzene rings is 2. The lowest BCUT2D eigenvalue weighted by Crippen LogP contribution is -2.07. The Bertz CT molecular complexity index is 888. The molecule has 0 bridgehead atoms. The van der Waals surface area contributed by atoms with E-state index >= 15 is 0 Å². The second-order valence-corrected chi connectivity index (χ2v) is 8.09. The lowest BCUT2D eigenvalue weighted by Gasteiger charge is -2.02. The molecule has 0 spiro atoms. The van der Waals surface area contributed by atoms with Crippen molar-refractivity contribution < 1.29 is 12.8 Å². The predicted octanol–water partition coefficient (Wildman–Crippen LogP) is 4.06. The number of rotatable bonds is 5. The average Bonchev–Trinajstić information content (AvgIpc) is 2.96. The fraction of sp³-hybridized carbons (Fsp3) is 0.118. The van der Waals surface area contributed by atoms with E-state index in [1.54, 1.807) is 29.6 Å². The second kappa shape index (κ2) is 6.60. The van der Waals surface area contributed by atoms with E-state index in [-0.39, 0.29) is 17.3 Å². The standard InChI is InChI=1S/C17H14FNO2S2/c18-15-8-6-14(7-9-15)17-19-16(10-22-17)12-23(20,21)11-13-4-2-1-3-5-13/h1-10H,11-12H2. The quantitative estimate of drug-likeness (QED) is 0.699. The van der Waals surface area contributed by atoms with Gasteiger partial charge in [0.1, 0.15) is 10.8 Å². The topological polar surface area (TPSA) is 47.0 Å². The Labute approximate surface area is 138 Å². The zero-order valence-corrected chi connectivity index (χ0v) is 13.8. The van der Waals surface area contributed by atoms with Crippen LogP contribution >= 0.6 is 11.3 Å². The molecular weight excluding hydrogens is 333 g/mol. The molecule has 3 rings (SSSR count). The second-order valence-electron chi connectivity index (χ2n) is 5.17. The third kappa shape index (κ3) is 4.24. The summed E-state index contributed by atoms with van der Waals surface area (Å²) >= 11 is 1.36. The zero-order chi connectivity index (χ0) is 16.3. The Morgan fingerprint density at radius 3 is 2.35 bits per heavy atom. The van der Waals surface area contributed by atoms with Crippen molar-refractivity contribution in [2.45, 2.75) is 11.5 Å². The molecule has 0 radical (unpaired) electrons. The van der Waals surface area contributed by atoms with Gasteiger partial charge in [-0.1, -0.05) is 30.3 Å². The van der Waals surface area contributed by atoms with Gasteiger partial charge in [0.05, 0.1) is 17.2 Å². The molecule has 0 aliphatic rings. The van der Waals surface area contributed by atoms with Crippen LogP contribution in [-0.4, -0.2) is 13.4 Å². The van der Waals surface area contributed by atoms with Gasteiger partial charge in [0.25, 0.3) is 0 Å². The highest BCUT2D eigenvalue weighted by atomic mass is 32.2. The summed E-state index contributed by atoms with van der Waals surface area (Å²) in [7, 11) is -3.28. The largest absolute Gasteiger partial charge is 0.240 e. The van der Waals surface area contributed by atoms with E-state index in [1.165, 1.54) is 23.5 Å².